The molecule has 2 rings (SSSR count). The fourth-order valence-electron chi connectivity index (χ4n) is 1.94. The van der Waals surface area contributed by atoms with Crippen molar-refractivity contribution in [3.8, 4) is 17.6 Å². The van der Waals surface area contributed by atoms with Crippen molar-refractivity contribution in [1.29, 1.82) is 5.26 Å². The van der Waals surface area contributed by atoms with E-state index >= 15 is 0 Å². The molecule has 0 saturated carbocycles. The maximum Gasteiger partial charge on any atom is 0.161 e. The Labute approximate surface area is 114 Å². The maximum absolute atomic E-state index is 9.17. The summed E-state index contributed by atoms with van der Waals surface area (Å²) in [4.78, 5) is 2.03. The van der Waals surface area contributed by atoms with Crippen LogP contribution < -0.4 is 9.47 Å². The highest BCUT2D eigenvalue weighted by atomic mass is 16.6. The summed E-state index contributed by atoms with van der Waals surface area (Å²) in [5.74, 6) is 1.62. The Morgan fingerprint density at radius 1 is 1.26 bits per heavy atom. The Morgan fingerprint density at radius 3 is 2.42 bits per heavy atom. The van der Waals surface area contributed by atoms with Gasteiger partial charge in [-0.25, -0.2) is 0 Å². The van der Waals surface area contributed by atoms with Crippen LogP contribution in [0.3, 0.4) is 0 Å². The number of nitriles is 1. The second kappa shape index (κ2) is 5.10. The Balaban J connectivity index is 2.24. The van der Waals surface area contributed by atoms with E-state index in [0.717, 1.165) is 22.6 Å². The van der Waals surface area contributed by atoms with E-state index in [4.69, 9.17) is 14.7 Å². The first kappa shape index (κ1) is 13.7. The maximum atomic E-state index is 9.17. The topological polar surface area (TPSA) is 45.5 Å². The van der Waals surface area contributed by atoms with Gasteiger partial charge in [-0.3, -0.25) is 4.90 Å². The smallest absolute Gasteiger partial charge is 0.161 e. The fourth-order valence-corrected chi connectivity index (χ4v) is 1.94. The summed E-state index contributed by atoms with van der Waals surface area (Å²) >= 11 is 0. The lowest BCUT2D eigenvalue weighted by Gasteiger charge is -2.30. The predicted octanol–water partition coefficient (Wildman–Crippen LogP) is 2.50. The minimum Gasteiger partial charge on any atom is -0.486 e. The van der Waals surface area contributed by atoms with E-state index in [9.17, 15) is 0 Å². The molecule has 1 aliphatic rings. The number of rotatable bonds is 3. The van der Waals surface area contributed by atoms with Gasteiger partial charge in [-0.2, -0.15) is 5.26 Å². The Bertz CT molecular complexity index is 518. The van der Waals surface area contributed by atoms with Gasteiger partial charge >= 0.3 is 0 Å². The van der Waals surface area contributed by atoms with Crippen LogP contribution in [0.15, 0.2) is 12.1 Å². The molecule has 4 nitrogen and oxygen atoms in total. The molecule has 102 valence electrons. The average molecular weight is 260 g/mol. The van der Waals surface area contributed by atoms with Gasteiger partial charge in [-0.1, -0.05) is 0 Å². The zero-order valence-corrected chi connectivity index (χ0v) is 12.0. The van der Waals surface area contributed by atoms with Gasteiger partial charge in [0.2, 0.25) is 0 Å². The van der Waals surface area contributed by atoms with Crippen molar-refractivity contribution < 1.29 is 9.47 Å². The molecule has 0 amide bonds. The minimum atomic E-state index is -0.486. The molecule has 0 N–H and O–H groups in total. The molecule has 0 aromatic heterocycles. The van der Waals surface area contributed by atoms with Gasteiger partial charge in [-0.15, -0.1) is 0 Å². The molecule has 0 atom stereocenters. The van der Waals surface area contributed by atoms with Crippen LogP contribution in [0.25, 0.3) is 0 Å². The number of hydrogen-bond acceptors (Lipinski definition) is 4. The highest BCUT2D eigenvalue weighted by Crippen LogP contribution is 2.33. The number of nitrogens with zero attached hydrogens (tertiary/aromatic N) is 2. The van der Waals surface area contributed by atoms with E-state index in [1.165, 1.54) is 0 Å². The second-order valence-electron chi connectivity index (χ2n) is 5.45. The molecular weight excluding hydrogens is 240 g/mol. The van der Waals surface area contributed by atoms with Gasteiger partial charge in [0, 0.05) is 6.54 Å². The molecule has 19 heavy (non-hydrogen) atoms. The van der Waals surface area contributed by atoms with Crippen molar-refractivity contribution in [2.45, 2.75) is 32.9 Å². The molecule has 0 radical (unpaired) electrons. The Morgan fingerprint density at radius 2 is 1.84 bits per heavy atom. The van der Waals surface area contributed by atoms with Gasteiger partial charge < -0.3 is 9.47 Å². The Kier molecular flexibility index (Phi) is 3.68. The van der Waals surface area contributed by atoms with Crippen molar-refractivity contribution in [2.75, 3.05) is 20.3 Å². The summed E-state index contributed by atoms with van der Waals surface area (Å²) in [5.41, 5.74) is 1.83. The first-order chi connectivity index (χ1) is 8.94. The van der Waals surface area contributed by atoms with E-state index in [2.05, 4.69) is 13.0 Å². The molecule has 0 saturated heterocycles. The zero-order chi connectivity index (χ0) is 14.0. The molecule has 0 spiro atoms. The van der Waals surface area contributed by atoms with Gasteiger partial charge in [0.05, 0.1) is 6.07 Å². The molecule has 1 aromatic rings. The normalized spacial score (nSPS) is 14.3. The van der Waals surface area contributed by atoms with Crippen molar-refractivity contribution in [3.05, 3.63) is 23.3 Å². The fraction of sp³-hybridized carbons (Fsp3) is 0.533. The third kappa shape index (κ3) is 2.82. The third-order valence-corrected chi connectivity index (χ3v) is 3.64. The summed E-state index contributed by atoms with van der Waals surface area (Å²) in [6.07, 6.45) is 0. The molecule has 0 bridgehead atoms. The van der Waals surface area contributed by atoms with Crippen LogP contribution >= 0.6 is 0 Å². The van der Waals surface area contributed by atoms with E-state index in [1.807, 2.05) is 37.9 Å². The van der Waals surface area contributed by atoms with E-state index in [0.29, 0.717) is 19.8 Å². The quantitative estimate of drug-likeness (QED) is 0.837. The first-order valence-corrected chi connectivity index (χ1v) is 6.45. The molecule has 1 aromatic carbocycles. The van der Waals surface area contributed by atoms with Gasteiger partial charge in [0.1, 0.15) is 18.8 Å². The highest BCUT2D eigenvalue weighted by molar-refractivity contribution is 5.47. The minimum absolute atomic E-state index is 0.486. The summed E-state index contributed by atoms with van der Waals surface area (Å²) in [5, 5.41) is 9.17. The SMILES string of the molecule is Cc1cc2c(cc1CN(C)C(C)(C)C#N)OCCO2. The van der Waals surface area contributed by atoms with Crippen molar-refractivity contribution in [3.63, 3.8) is 0 Å². The highest BCUT2D eigenvalue weighted by Gasteiger charge is 2.24. The lowest BCUT2D eigenvalue weighted by atomic mass is 10.0. The molecule has 0 unspecified atom stereocenters. The first-order valence-electron chi connectivity index (χ1n) is 6.45. The summed E-state index contributed by atoms with van der Waals surface area (Å²) in [7, 11) is 1.96. The van der Waals surface area contributed by atoms with Crippen LogP contribution in [-0.2, 0) is 6.54 Å². The van der Waals surface area contributed by atoms with E-state index < -0.39 is 5.54 Å². The lowest BCUT2D eigenvalue weighted by Crippen LogP contribution is -2.39. The van der Waals surface area contributed by atoms with Crippen molar-refractivity contribution in [1.82, 2.24) is 4.90 Å². The number of fused-ring (bicyclic) bond motifs is 1. The monoisotopic (exact) mass is 260 g/mol. The van der Waals surface area contributed by atoms with Crippen LogP contribution in [0.2, 0.25) is 0 Å². The van der Waals surface area contributed by atoms with Crippen LogP contribution in [0.1, 0.15) is 25.0 Å². The molecule has 0 aliphatic carbocycles. The molecule has 1 heterocycles. The molecule has 1 aliphatic heterocycles. The van der Waals surface area contributed by atoms with E-state index in [-0.39, 0.29) is 0 Å². The van der Waals surface area contributed by atoms with Crippen LogP contribution in [0.4, 0.5) is 0 Å². The van der Waals surface area contributed by atoms with Crippen molar-refractivity contribution in [2.24, 2.45) is 0 Å². The summed E-state index contributed by atoms with van der Waals surface area (Å²) in [6, 6.07) is 6.35. The lowest BCUT2D eigenvalue weighted by molar-refractivity contribution is 0.170. The van der Waals surface area contributed by atoms with Crippen LogP contribution in [0, 0.1) is 18.3 Å². The molecule has 0 fully saturated rings. The number of benzene rings is 1. The zero-order valence-electron chi connectivity index (χ0n) is 12.0. The predicted molar refractivity (Wildman–Crippen MR) is 73.3 cm³/mol. The largest absolute Gasteiger partial charge is 0.486 e. The summed E-state index contributed by atoms with van der Waals surface area (Å²) < 4.78 is 11.2. The Hall–Kier alpha value is -1.73. The van der Waals surface area contributed by atoms with E-state index in [1.54, 1.807) is 0 Å². The average Bonchev–Trinajstić information content (AvgIpc) is 2.39. The summed E-state index contributed by atoms with van der Waals surface area (Å²) in [6.45, 7) is 7.80. The van der Waals surface area contributed by atoms with Gasteiger partial charge in [0.25, 0.3) is 0 Å². The van der Waals surface area contributed by atoms with Crippen LogP contribution in [-0.4, -0.2) is 30.7 Å². The standard InChI is InChI=1S/C15H20N2O2/c1-11-7-13-14(19-6-5-18-13)8-12(11)9-17(4)15(2,3)10-16/h7-8H,5-6,9H2,1-4H3. The molecule has 4 heteroatoms. The van der Waals surface area contributed by atoms with Crippen LogP contribution in [0.5, 0.6) is 11.5 Å². The number of aryl methyl sites for hydroxylation is 1. The van der Waals surface area contributed by atoms with Gasteiger partial charge in [-0.05, 0) is 51.1 Å². The second-order valence-corrected chi connectivity index (χ2v) is 5.45. The number of ether oxygens (including phenoxy) is 2. The number of hydrogen-bond donors (Lipinski definition) is 0. The van der Waals surface area contributed by atoms with Gasteiger partial charge in [0.15, 0.2) is 11.5 Å². The molecular formula is C15H20N2O2. The third-order valence-electron chi connectivity index (χ3n) is 3.64. The van der Waals surface area contributed by atoms with Crippen molar-refractivity contribution >= 4 is 0 Å².